The highest BCUT2D eigenvalue weighted by molar-refractivity contribution is 6.33. The Morgan fingerprint density at radius 1 is 1.03 bits per heavy atom. The van der Waals surface area contributed by atoms with Gasteiger partial charge in [0.1, 0.15) is 0 Å². The van der Waals surface area contributed by atoms with Gasteiger partial charge in [-0.1, -0.05) is 35.4 Å². The standard InChI is InChI=1S/C24H23ClN4O2/c1-14-5-8-18(9-6-14)29-24-23(17(4)28-29)16(3)12-22(27-24)31-13-21(30)26-20-10-7-15(2)11-19(20)25/h5-12H,13H2,1-4H3,(H,26,30). The van der Waals surface area contributed by atoms with E-state index in [4.69, 9.17) is 16.3 Å². The van der Waals surface area contributed by atoms with Crippen molar-refractivity contribution in [2.75, 3.05) is 11.9 Å². The average Bonchev–Trinajstić information content (AvgIpc) is 3.06. The first-order valence-corrected chi connectivity index (χ1v) is 10.3. The smallest absolute Gasteiger partial charge is 0.262 e. The van der Waals surface area contributed by atoms with Gasteiger partial charge in [-0.2, -0.15) is 10.1 Å². The van der Waals surface area contributed by atoms with Crippen LogP contribution in [0.15, 0.2) is 48.5 Å². The Bertz CT molecular complexity index is 1280. The van der Waals surface area contributed by atoms with Gasteiger partial charge < -0.3 is 10.1 Å². The Hall–Kier alpha value is -3.38. The van der Waals surface area contributed by atoms with Gasteiger partial charge in [0.25, 0.3) is 5.91 Å². The van der Waals surface area contributed by atoms with E-state index in [0.717, 1.165) is 27.9 Å². The molecule has 1 amide bonds. The number of benzene rings is 2. The minimum absolute atomic E-state index is 0.181. The molecule has 6 nitrogen and oxygen atoms in total. The number of carbonyl (C=O) groups is 1. The highest BCUT2D eigenvalue weighted by Gasteiger charge is 2.16. The molecule has 0 spiro atoms. The molecule has 2 aromatic heterocycles. The molecule has 7 heteroatoms. The molecule has 0 unspecified atom stereocenters. The Kier molecular flexibility index (Phi) is 5.65. The van der Waals surface area contributed by atoms with Crippen LogP contribution < -0.4 is 10.1 Å². The minimum Gasteiger partial charge on any atom is -0.467 e. The first kappa shape index (κ1) is 20.9. The molecule has 0 radical (unpaired) electrons. The molecule has 31 heavy (non-hydrogen) atoms. The molecule has 0 saturated carbocycles. The van der Waals surface area contributed by atoms with Crippen LogP contribution in [0.5, 0.6) is 5.88 Å². The van der Waals surface area contributed by atoms with Gasteiger partial charge in [0.2, 0.25) is 5.88 Å². The first-order valence-electron chi connectivity index (χ1n) is 9.94. The second-order valence-electron chi connectivity index (χ2n) is 7.63. The monoisotopic (exact) mass is 434 g/mol. The number of halogens is 1. The normalized spacial score (nSPS) is 11.0. The van der Waals surface area contributed by atoms with Crippen molar-refractivity contribution in [3.63, 3.8) is 0 Å². The summed E-state index contributed by atoms with van der Waals surface area (Å²) >= 11 is 6.19. The van der Waals surface area contributed by atoms with E-state index in [-0.39, 0.29) is 12.5 Å². The molecule has 0 fully saturated rings. The number of rotatable bonds is 5. The number of amides is 1. The van der Waals surface area contributed by atoms with Crippen LogP contribution in [0.4, 0.5) is 5.69 Å². The Labute approximate surface area is 185 Å². The van der Waals surface area contributed by atoms with Gasteiger partial charge in [0, 0.05) is 11.5 Å². The number of fused-ring (bicyclic) bond motifs is 1. The van der Waals surface area contributed by atoms with Crippen LogP contribution >= 0.6 is 11.6 Å². The molecule has 0 aliphatic rings. The summed E-state index contributed by atoms with van der Waals surface area (Å²) in [4.78, 5) is 17.0. The zero-order valence-corrected chi connectivity index (χ0v) is 18.6. The Balaban J connectivity index is 1.57. The molecule has 2 heterocycles. The zero-order chi connectivity index (χ0) is 22.1. The fraction of sp³-hybridized carbons (Fsp3) is 0.208. The topological polar surface area (TPSA) is 69.0 Å². The number of carbonyl (C=O) groups excluding carboxylic acids is 1. The van der Waals surface area contributed by atoms with E-state index in [1.165, 1.54) is 5.56 Å². The van der Waals surface area contributed by atoms with Crippen LogP contribution in [0.25, 0.3) is 16.7 Å². The van der Waals surface area contributed by atoms with Crippen LogP contribution in [0.3, 0.4) is 0 Å². The predicted molar refractivity (Wildman–Crippen MR) is 123 cm³/mol. The average molecular weight is 435 g/mol. The molecule has 158 valence electrons. The summed E-state index contributed by atoms with van der Waals surface area (Å²) < 4.78 is 7.51. The van der Waals surface area contributed by atoms with E-state index >= 15 is 0 Å². The number of pyridine rings is 1. The fourth-order valence-electron chi connectivity index (χ4n) is 3.46. The lowest BCUT2D eigenvalue weighted by atomic mass is 10.1. The number of nitrogens with one attached hydrogen (secondary N) is 1. The number of aromatic nitrogens is 3. The van der Waals surface area contributed by atoms with E-state index in [1.54, 1.807) is 16.8 Å². The molecule has 4 aromatic rings. The van der Waals surface area contributed by atoms with Gasteiger partial charge in [-0.25, -0.2) is 4.68 Å². The summed E-state index contributed by atoms with van der Waals surface area (Å²) in [6, 6.07) is 15.4. The van der Waals surface area contributed by atoms with Crippen molar-refractivity contribution >= 4 is 34.2 Å². The third-order valence-electron chi connectivity index (χ3n) is 5.01. The van der Waals surface area contributed by atoms with Gasteiger partial charge in [0.15, 0.2) is 12.3 Å². The highest BCUT2D eigenvalue weighted by Crippen LogP contribution is 2.27. The number of ether oxygens (including phenoxy) is 1. The molecule has 1 N–H and O–H groups in total. The van der Waals surface area contributed by atoms with Crippen molar-refractivity contribution in [1.82, 2.24) is 14.8 Å². The lowest BCUT2D eigenvalue weighted by Crippen LogP contribution is -2.20. The van der Waals surface area contributed by atoms with Gasteiger partial charge in [0.05, 0.1) is 22.1 Å². The molecular weight excluding hydrogens is 412 g/mol. The lowest BCUT2D eigenvalue weighted by molar-refractivity contribution is -0.118. The number of anilines is 1. The molecule has 0 aliphatic heterocycles. The first-order chi connectivity index (χ1) is 14.8. The fourth-order valence-corrected chi connectivity index (χ4v) is 3.74. The Morgan fingerprint density at radius 2 is 1.74 bits per heavy atom. The van der Waals surface area contributed by atoms with Crippen LogP contribution in [0.2, 0.25) is 5.02 Å². The number of aryl methyl sites for hydroxylation is 4. The van der Waals surface area contributed by atoms with Crippen molar-refractivity contribution in [3.05, 3.63) is 75.9 Å². The van der Waals surface area contributed by atoms with E-state index in [1.807, 2.05) is 64.1 Å². The van der Waals surface area contributed by atoms with Crippen molar-refractivity contribution in [2.45, 2.75) is 27.7 Å². The van der Waals surface area contributed by atoms with Crippen molar-refractivity contribution in [2.24, 2.45) is 0 Å². The second-order valence-corrected chi connectivity index (χ2v) is 8.04. The molecule has 2 aromatic carbocycles. The Morgan fingerprint density at radius 3 is 2.45 bits per heavy atom. The largest absolute Gasteiger partial charge is 0.467 e. The third kappa shape index (κ3) is 4.39. The summed E-state index contributed by atoms with van der Waals surface area (Å²) in [5.74, 6) is 0.0527. The van der Waals surface area contributed by atoms with Gasteiger partial charge in [-0.05, 0) is 63.1 Å². The maximum absolute atomic E-state index is 12.4. The minimum atomic E-state index is -0.312. The molecule has 0 atom stereocenters. The van der Waals surface area contributed by atoms with Crippen molar-refractivity contribution < 1.29 is 9.53 Å². The molecular formula is C24H23ClN4O2. The molecule has 0 bridgehead atoms. The SMILES string of the molecule is Cc1ccc(-n2nc(C)c3c(C)cc(OCC(=O)Nc4ccc(C)cc4Cl)nc32)cc1. The summed E-state index contributed by atoms with van der Waals surface area (Å²) in [6.07, 6.45) is 0. The number of hydrogen-bond acceptors (Lipinski definition) is 4. The van der Waals surface area contributed by atoms with Crippen LogP contribution in [0, 0.1) is 27.7 Å². The maximum Gasteiger partial charge on any atom is 0.262 e. The van der Waals surface area contributed by atoms with E-state index in [2.05, 4.69) is 15.4 Å². The van der Waals surface area contributed by atoms with E-state index in [0.29, 0.717) is 22.2 Å². The molecule has 0 saturated heterocycles. The van der Waals surface area contributed by atoms with Gasteiger partial charge in [-0.3, -0.25) is 4.79 Å². The number of hydrogen-bond donors (Lipinski definition) is 1. The number of nitrogens with zero attached hydrogens (tertiary/aromatic N) is 3. The van der Waals surface area contributed by atoms with Crippen molar-refractivity contribution in [3.8, 4) is 11.6 Å². The molecule has 4 rings (SSSR count). The third-order valence-corrected chi connectivity index (χ3v) is 5.33. The quantitative estimate of drug-likeness (QED) is 0.461. The second kappa shape index (κ2) is 8.40. The van der Waals surface area contributed by atoms with Crippen LogP contribution in [-0.4, -0.2) is 27.3 Å². The van der Waals surface area contributed by atoms with Crippen LogP contribution in [0.1, 0.15) is 22.4 Å². The lowest BCUT2D eigenvalue weighted by Gasteiger charge is -2.10. The van der Waals surface area contributed by atoms with E-state index < -0.39 is 0 Å². The van der Waals surface area contributed by atoms with Gasteiger partial charge in [-0.15, -0.1) is 0 Å². The maximum atomic E-state index is 12.4. The molecule has 0 aliphatic carbocycles. The van der Waals surface area contributed by atoms with Gasteiger partial charge >= 0.3 is 0 Å². The highest BCUT2D eigenvalue weighted by atomic mass is 35.5. The summed E-state index contributed by atoms with van der Waals surface area (Å²) in [7, 11) is 0. The predicted octanol–water partition coefficient (Wildman–Crippen LogP) is 5.33. The van der Waals surface area contributed by atoms with Crippen molar-refractivity contribution in [1.29, 1.82) is 0 Å². The summed E-state index contributed by atoms with van der Waals surface area (Å²) in [5.41, 5.74) is 6.22. The summed E-state index contributed by atoms with van der Waals surface area (Å²) in [5, 5.41) is 8.89. The van der Waals surface area contributed by atoms with Crippen LogP contribution in [-0.2, 0) is 4.79 Å². The van der Waals surface area contributed by atoms with E-state index in [9.17, 15) is 4.79 Å². The summed E-state index contributed by atoms with van der Waals surface area (Å²) in [6.45, 7) is 7.74. The zero-order valence-electron chi connectivity index (χ0n) is 17.9.